The van der Waals surface area contributed by atoms with Gasteiger partial charge in [0.05, 0.1) is 6.61 Å². The molecule has 0 aromatic heterocycles. The zero-order valence-corrected chi connectivity index (χ0v) is 10.3. The highest BCUT2D eigenvalue weighted by Crippen LogP contribution is 2.21. The van der Waals surface area contributed by atoms with Crippen molar-refractivity contribution >= 4 is 5.91 Å². The minimum atomic E-state index is -0.750. The fraction of sp³-hybridized carbons (Fsp3) is 0.909. The maximum Gasteiger partial charge on any atom is 0.294 e. The van der Waals surface area contributed by atoms with Gasteiger partial charge < -0.3 is 9.74 Å². The molecular weight excluding hydrogens is 224 g/mol. The van der Waals surface area contributed by atoms with Crippen molar-refractivity contribution in [3.63, 3.8) is 0 Å². The average Bonchev–Trinajstić information content (AvgIpc) is 2.30. The van der Waals surface area contributed by atoms with Crippen LogP contribution in [0.2, 0.25) is 0 Å². The van der Waals surface area contributed by atoms with Gasteiger partial charge in [-0.25, -0.2) is 0 Å². The lowest BCUT2D eigenvalue weighted by atomic mass is 9.94. The summed E-state index contributed by atoms with van der Waals surface area (Å²) in [6, 6.07) is 0. The Kier molecular flexibility index (Phi) is 5.72. The molecule has 0 aromatic rings. The molecule has 1 fully saturated rings. The van der Waals surface area contributed by atoms with E-state index >= 15 is 0 Å². The highest BCUT2D eigenvalue weighted by atomic mass is 16.9. The Labute approximate surface area is 101 Å². The Balaban J connectivity index is 2.17. The standard InChI is InChI=1S/C11H20N2O4/c1-2-3-11(14)12-7-4-10(5-8-12)6-9-17-13(15)16/h10H,2-9H2,1H3. The maximum atomic E-state index is 11.6. The predicted molar refractivity (Wildman–Crippen MR) is 61.8 cm³/mol. The summed E-state index contributed by atoms with van der Waals surface area (Å²) in [4.78, 5) is 27.8. The van der Waals surface area contributed by atoms with Crippen molar-refractivity contribution in [1.29, 1.82) is 0 Å². The number of likely N-dealkylation sites (tertiary alicyclic amines) is 1. The minimum Gasteiger partial charge on any atom is -0.343 e. The molecular formula is C11H20N2O4. The van der Waals surface area contributed by atoms with Crippen LogP contribution in [0.5, 0.6) is 0 Å². The van der Waals surface area contributed by atoms with Crippen molar-refractivity contribution in [2.45, 2.75) is 39.0 Å². The minimum absolute atomic E-state index is 0.167. The highest BCUT2D eigenvalue weighted by Gasteiger charge is 2.22. The second kappa shape index (κ2) is 7.09. The van der Waals surface area contributed by atoms with Gasteiger partial charge in [0.1, 0.15) is 0 Å². The first kappa shape index (κ1) is 13.7. The number of hydrogen-bond donors (Lipinski definition) is 0. The molecule has 0 aromatic carbocycles. The zero-order valence-electron chi connectivity index (χ0n) is 10.3. The molecule has 0 saturated carbocycles. The Morgan fingerprint density at radius 3 is 2.65 bits per heavy atom. The van der Waals surface area contributed by atoms with E-state index in [9.17, 15) is 14.9 Å². The number of amides is 1. The van der Waals surface area contributed by atoms with Gasteiger partial charge in [-0.15, -0.1) is 10.1 Å². The maximum absolute atomic E-state index is 11.6. The molecule has 98 valence electrons. The van der Waals surface area contributed by atoms with E-state index < -0.39 is 5.09 Å². The van der Waals surface area contributed by atoms with Crippen LogP contribution in [0.1, 0.15) is 39.0 Å². The highest BCUT2D eigenvalue weighted by molar-refractivity contribution is 5.76. The Morgan fingerprint density at radius 1 is 1.47 bits per heavy atom. The van der Waals surface area contributed by atoms with E-state index in [2.05, 4.69) is 4.84 Å². The van der Waals surface area contributed by atoms with E-state index in [1.54, 1.807) is 0 Å². The van der Waals surface area contributed by atoms with Gasteiger partial charge in [0.2, 0.25) is 5.91 Å². The van der Waals surface area contributed by atoms with Crippen LogP contribution in [0.15, 0.2) is 0 Å². The van der Waals surface area contributed by atoms with Gasteiger partial charge in [0.25, 0.3) is 5.09 Å². The third kappa shape index (κ3) is 5.01. The van der Waals surface area contributed by atoms with Gasteiger partial charge in [-0.1, -0.05) is 6.92 Å². The van der Waals surface area contributed by atoms with Gasteiger partial charge in [-0.3, -0.25) is 4.79 Å². The van der Waals surface area contributed by atoms with E-state index in [0.29, 0.717) is 18.8 Å². The molecule has 0 bridgehead atoms. The van der Waals surface area contributed by atoms with Crippen LogP contribution in [-0.4, -0.2) is 35.6 Å². The van der Waals surface area contributed by atoms with E-state index in [0.717, 1.165) is 32.4 Å². The quantitative estimate of drug-likeness (QED) is 0.525. The Morgan fingerprint density at radius 2 is 2.12 bits per heavy atom. The first-order chi connectivity index (χ1) is 8.13. The van der Waals surface area contributed by atoms with Gasteiger partial charge >= 0.3 is 0 Å². The largest absolute Gasteiger partial charge is 0.343 e. The second-order valence-electron chi connectivity index (χ2n) is 4.42. The molecule has 1 aliphatic heterocycles. The molecule has 6 nitrogen and oxygen atoms in total. The van der Waals surface area contributed by atoms with Crippen molar-refractivity contribution in [2.24, 2.45) is 5.92 Å². The van der Waals surface area contributed by atoms with Crippen molar-refractivity contribution in [3.05, 3.63) is 10.1 Å². The smallest absolute Gasteiger partial charge is 0.294 e. The Bertz CT molecular complexity index is 262. The number of hydrogen-bond acceptors (Lipinski definition) is 4. The predicted octanol–water partition coefficient (Wildman–Crippen LogP) is 1.62. The molecule has 1 aliphatic rings. The summed E-state index contributed by atoms with van der Waals surface area (Å²) in [6.45, 7) is 3.73. The van der Waals surface area contributed by atoms with Gasteiger partial charge in [-0.2, -0.15) is 0 Å². The van der Waals surface area contributed by atoms with E-state index in [4.69, 9.17) is 0 Å². The number of carbonyl (C=O) groups excluding carboxylic acids is 1. The van der Waals surface area contributed by atoms with E-state index in [1.807, 2.05) is 11.8 Å². The van der Waals surface area contributed by atoms with Gasteiger partial charge in [-0.05, 0) is 31.6 Å². The molecule has 6 heteroatoms. The van der Waals surface area contributed by atoms with Crippen LogP contribution in [0.4, 0.5) is 0 Å². The third-order valence-corrected chi connectivity index (χ3v) is 3.15. The van der Waals surface area contributed by atoms with Crippen LogP contribution in [0.25, 0.3) is 0 Å². The third-order valence-electron chi connectivity index (χ3n) is 3.15. The molecule has 0 radical (unpaired) electrons. The lowest BCUT2D eigenvalue weighted by Crippen LogP contribution is -2.38. The first-order valence-electron chi connectivity index (χ1n) is 6.18. The van der Waals surface area contributed by atoms with Crippen molar-refractivity contribution < 1.29 is 14.7 Å². The normalized spacial score (nSPS) is 16.9. The van der Waals surface area contributed by atoms with Crippen LogP contribution in [0, 0.1) is 16.0 Å². The Hall–Kier alpha value is -1.33. The second-order valence-corrected chi connectivity index (χ2v) is 4.42. The van der Waals surface area contributed by atoms with Crippen LogP contribution < -0.4 is 0 Å². The van der Waals surface area contributed by atoms with Crippen LogP contribution in [0.3, 0.4) is 0 Å². The average molecular weight is 244 g/mol. The SMILES string of the molecule is CCCC(=O)N1CCC(CCO[N+](=O)[O-])CC1. The molecule has 0 spiro atoms. The molecule has 1 amide bonds. The summed E-state index contributed by atoms with van der Waals surface area (Å²) in [6.07, 6.45) is 4.06. The molecule has 0 N–H and O–H groups in total. The zero-order chi connectivity index (χ0) is 12.7. The lowest BCUT2D eigenvalue weighted by molar-refractivity contribution is -0.758. The molecule has 1 rings (SSSR count). The number of nitrogens with zero attached hydrogens (tertiary/aromatic N) is 2. The van der Waals surface area contributed by atoms with Gasteiger partial charge in [0, 0.05) is 19.5 Å². The summed E-state index contributed by atoms with van der Waals surface area (Å²) in [5.74, 6) is 0.674. The van der Waals surface area contributed by atoms with Crippen molar-refractivity contribution in [3.8, 4) is 0 Å². The van der Waals surface area contributed by atoms with E-state index in [1.165, 1.54) is 0 Å². The fourth-order valence-corrected chi connectivity index (χ4v) is 2.14. The molecule has 1 saturated heterocycles. The van der Waals surface area contributed by atoms with Crippen molar-refractivity contribution in [2.75, 3.05) is 19.7 Å². The summed E-state index contributed by atoms with van der Waals surface area (Å²) >= 11 is 0. The fourth-order valence-electron chi connectivity index (χ4n) is 2.14. The van der Waals surface area contributed by atoms with Crippen molar-refractivity contribution in [1.82, 2.24) is 4.90 Å². The summed E-state index contributed by atoms with van der Waals surface area (Å²) in [7, 11) is 0. The summed E-state index contributed by atoms with van der Waals surface area (Å²) < 4.78 is 0. The number of rotatable bonds is 6. The summed E-state index contributed by atoms with van der Waals surface area (Å²) in [5, 5.41) is 9.23. The molecule has 0 aliphatic carbocycles. The number of piperidine rings is 1. The van der Waals surface area contributed by atoms with Crippen LogP contribution >= 0.6 is 0 Å². The molecule has 17 heavy (non-hydrogen) atoms. The first-order valence-corrected chi connectivity index (χ1v) is 6.18. The molecule has 1 heterocycles. The van der Waals surface area contributed by atoms with E-state index in [-0.39, 0.29) is 12.5 Å². The topological polar surface area (TPSA) is 72.7 Å². The number of carbonyl (C=O) groups is 1. The van der Waals surface area contributed by atoms with Crippen LogP contribution in [-0.2, 0) is 9.63 Å². The monoisotopic (exact) mass is 244 g/mol. The molecule has 0 atom stereocenters. The summed E-state index contributed by atoms with van der Waals surface area (Å²) in [5.41, 5.74) is 0. The molecule has 0 unspecified atom stereocenters. The lowest BCUT2D eigenvalue weighted by Gasteiger charge is -2.31. The van der Waals surface area contributed by atoms with Gasteiger partial charge in [0.15, 0.2) is 0 Å².